The predicted octanol–water partition coefficient (Wildman–Crippen LogP) is 3.36. The summed E-state index contributed by atoms with van der Waals surface area (Å²) in [5, 5.41) is 17.8. The number of benzene rings is 1. The first-order chi connectivity index (χ1) is 11.6. The molecule has 0 atom stereocenters. The molecule has 1 aromatic carbocycles. The third kappa shape index (κ3) is 3.52. The minimum absolute atomic E-state index is 0.0996. The summed E-state index contributed by atoms with van der Waals surface area (Å²) in [6, 6.07) is 6.19. The molecule has 1 aromatic heterocycles. The number of halogens is 1. The van der Waals surface area contributed by atoms with Crippen molar-refractivity contribution in [2.45, 2.75) is 39.8 Å². The van der Waals surface area contributed by atoms with Gasteiger partial charge in [-0.15, -0.1) is 0 Å². The summed E-state index contributed by atoms with van der Waals surface area (Å²) < 4.78 is 1.86. The molecule has 2 aromatic rings. The smallest absolute Gasteiger partial charge is 0.0660 e. The van der Waals surface area contributed by atoms with Crippen LogP contribution in [0.15, 0.2) is 18.2 Å². The van der Waals surface area contributed by atoms with E-state index in [2.05, 4.69) is 27.4 Å². The van der Waals surface area contributed by atoms with Crippen LogP contribution in [0, 0.1) is 13.8 Å². The molecular weight excluding hydrogens is 324 g/mol. The molecule has 6 heteroatoms. The second-order valence-corrected chi connectivity index (χ2v) is 6.72. The summed E-state index contributed by atoms with van der Waals surface area (Å²) in [6.07, 6.45) is 2.49. The van der Waals surface area contributed by atoms with Crippen molar-refractivity contribution < 1.29 is 5.11 Å². The van der Waals surface area contributed by atoms with Crippen molar-refractivity contribution in [3.05, 3.63) is 40.2 Å². The van der Waals surface area contributed by atoms with Crippen LogP contribution in [0.2, 0.25) is 5.02 Å². The van der Waals surface area contributed by atoms with Gasteiger partial charge in [0.1, 0.15) is 0 Å². The number of rotatable bonds is 6. The number of aliphatic hydroxyl groups is 1. The van der Waals surface area contributed by atoms with Gasteiger partial charge in [-0.05, 0) is 44.9 Å². The molecule has 0 aliphatic carbocycles. The van der Waals surface area contributed by atoms with Crippen molar-refractivity contribution in [3.63, 3.8) is 0 Å². The van der Waals surface area contributed by atoms with Crippen molar-refractivity contribution in [3.8, 4) is 0 Å². The van der Waals surface area contributed by atoms with E-state index in [0.717, 1.165) is 40.9 Å². The highest BCUT2D eigenvalue weighted by Gasteiger charge is 2.16. The van der Waals surface area contributed by atoms with Crippen LogP contribution in [0.4, 0.5) is 11.4 Å². The van der Waals surface area contributed by atoms with E-state index in [-0.39, 0.29) is 6.61 Å². The largest absolute Gasteiger partial charge is 0.394 e. The molecule has 5 nitrogen and oxygen atoms in total. The third-order valence-electron chi connectivity index (χ3n) is 4.71. The fourth-order valence-corrected chi connectivity index (χ4v) is 3.62. The summed E-state index contributed by atoms with van der Waals surface area (Å²) in [4.78, 5) is 2.35. The molecule has 0 unspecified atom stereocenters. The Balaban J connectivity index is 1.70. The first-order valence-corrected chi connectivity index (χ1v) is 8.90. The number of nitrogens with one attached hydrogen (secondary N) is 1. The van der Waals surface area contributed by atoms with Gasteiger partial charge in [0.25, 0.3) is 0 Å². The molecule has 0 saturated carbocycles. The Hall–Kier alpha value is -1.72. The van der Waals surface area contributed by atoms with Crippen LogP contribution in [0.5, 0.6) is 0 Å². The van der Waals surface area contributed by atoms with Crippen LogP contribution in [-0.4, -0.2) is 34.6 Å². The molecule has 0 radical (unpaired) electrons. The number of aromatic nitrogens is 2. The van der Waals surface area contributed by atoms with Gasteiger partial charge in [-0.25, -0.2) is 0 Å². The number of hydrogen-bond donors (Lipinski definition) is 2. The number of anilines is 2. The van der Waals surface area contributed by atoms with Crippen LogP contribution in [-0.2, 0) is 13.1 Å². The van der Waals surface area contributed by atoms with Crippen molar-refractivity contribution in [1.82, 2.24) is 9.78 Å². The van der Waals surface area contributed by atoms with E-state index in [1.54, 1.807) is 0 Å². The zero-order chi connectivity index (χ0) is 17.1. The van der Waals surface area contributed by atoms with Crippen LogP contribution in [0.25, 0.3) is 0 Å². The van der Waals surface area contributed by atoms with Crippen molar-refractivity contribution >= 4 is 23.0 Å². The van der Waals surface area contributed by atoms with Gasteiger partial charge in [0.2, 0.25) is 0 Å². The minimum Gasteiger partial charge on any atom is -0.394 e. The zero-order valence-electron chi connectivity index (χ0n) is 14.3. The molecule has 130 valence electrons. The lowest BCUT2D eigenvalue weighted by Crippen LogP contribution is -2.17. The van der Waals surface area contributed by atoms with Gasteiger partial charge in [-0.2, -0.15) is 5.10 Å². The van der Waals surface area contributed by atoms with Crippen LogP contribution in [0.3, 0.4) is 0 Å². The normalized spacial score (nSPS) is 14.4. The molecule has 0 bridgehead atoms. The summed E-state index contributed by atoms with van der Waals surface area (Å²) in [5.41, 5.74) is 5.39. The lowest BCUT2D eigenvalue weighted by molar-refractivity contribution is 0.268. The van der Waals surface area contributed by atoms with E-state index >= 15 is 0 Å². The number of aliphatic hydroxyl groups excluding tert-OH is 1. The maximum absolute atomic E-state index is 9.10. The minimum atomic E-state index is 0.0996. The van der Waals surface area contributed by atoms with E-state index in [9.17, 15) is 0 Å². The van der Waals surface area contributed by atoms with Crippen molar-refractivity contribution in [1.29, 1.82) is 0 Å². The van der Waals surface area contributed by atoms with Crippen LogP contribution in [0.1, 0.15) is 29.8 Å². The average Bonchev–Trinajstić information content (AvgIpc) is 3.16. The Labute approximate surface area is 148 Å². The molecule has 2 heterocycles. The fourth-order valence-electron chi connectivity index (χ4n) is 3.32. The standard InChI is InChI=1S/C18H25ClN4O/c1-13-16(14(2)23(21-13)9-10-24)12-20-15-5-6-18(17(19)11-15)22-7-3-4-8-22/h5-6,11,20,24H,3-4,7-10,12H2,1-2H3. The second-order valence-electron chi connectivity index (χ2n) is 6.31. The first kappa shape index (κ1) is 17.1. The maximum atomic E-state index is 9.10. The highest BCUT2D eigenvalue weighted by molar-refractivity contribution is 6.33. The third-order valence-corrected chi connectivity index (χ3v) is 5.01. The van der Waals surface area contributed by atoms with Gasteiger partial charge < -0.3 is 15.3 Å². The maximum Gasteiger partial charge on any atom is 0.0660 e. The molecule has 0 amide bonds. The van der Waals surface area contributed by atoms with E-state index in [1.807, 2.05) is 24.6 Å². The number of hydrogen-bond acceptors (Lipinski definition) is 4. The van der Waals surface area contributed by atoms with E-state index in [1.165, 1.54) is 18.4 Å². The number of aryl methyl sites for hydroxylation is 1. The molecule has 24 heavy (non-hydrogen) atoms. The Morgan fingerprint density at radius 3 is 2.67 bits per heavy atom. The highest BCUT2D eigenvalue weighted by atomic mass is 35.5. The van der Waals surface area contributed by atoms with E-state index < -0.39 is 0 Å². The van der Waals surface area contributed by atoms with Gasteiger partial charge in [0.05, 0.1) is 29.6 Å². The monoisotopic (exact) mass is 348 g/mol. The van der Waals surface area contributed by atoms with Crippen LogP contribution >= 0.6 is 11.6 Å². The lowest BCUT2D eigenvalue weighted by atomic mass is 10.2. The van der Waals surface area contributed by atoms with Crippen molar-refractivity contribution in [2.75, 3.05) is 29.9 Å². The molecular formula is C18H25ClN4O. The SMILES string of the molecule is Cc1nn(CCO)c(C)c1CNc1ccc(N2CCCC2)c(Cl)c1. The first-order valence-electron chi connectivity index (χ1n) is 8.52. The van der Waals surface area contributed by atoms with Gasteiger partial charge in [-0.1, -0.05) is 11.6 Å². The molecule has 3 rings (SSSR count). The summed E-state index contributed by atoms with van der Waals surface area (Å²) in [7, 11) is 0. The summed E-state index contributed by atoms with van der Waals surface area (Å²) in [5.74, 6) is 0. The Kier molecular flexibility index (Phi) is 5.31. The predicted molar refractivity (Wildman–Crippen MR) is 99.0 cm³/mol. The summed E-state index contributed by atoms with van der Waals surface area (Å²) >= 11 is 6.47. The molecule has 1 saturated heterocycles. The molecule has 1 aliphatic heterocycles. The molecule has 1 aliphatic rings. The summed E-state index contributed by atoms with van der Waals surface area (Å²) in [6.45, 7) is 7.55. The highest BCUT2D eigenvalue weighted by Crippen LogP contribution is 2.31. The van der Waals surface area contributed by atoms with Gasteiger partial charge in [0.15, 0.2) is 0 Å². The van der Waals surface area contributed by atoms with Gasteiger partial charge in [-0.3, -0.25) is 4.68 Å². The second kappa shape index (κ2) is 7.45. The van der Waals surface area contributed by atoms with Crippen LogP contribution < -0.4 is 10.2 Å². The van der Waals surface area contributed by atoms with E-state index in [4.69, 9.17) is 16.7 Å². The Morgan fingerprint density at radius 1 is 1.25 bits per heavy atom. The van der Waals surface area contributed by atoms with Gasteiger partial charge in [0, 0.05) is 36.6 Å². The average molecular weight is 349 g/mol. The topological polar surface area (TPSA) is 53.3 Å². The van der Waals surface area contributed by atoms with Crippen molar-refractivity contribution in [2.24, 2.45) is 0 Å². The van der Waals surface area contributed by atoms with Gasteiger partial charge >= 0.3 is 0 Å². The Morgan fingerprint density at radius 2 is 2.00 bits per heavy atom. The number of nitrogens with zero attached hydrogens (tertiary/aromatic N) is 3. The fraction of sp³-hybridized carbons (Fsp3) is 0.500. The molecule has 2 N–H and O–H groups in total. The van der Waals surface area contributed by atoms with E-state index in [0.29, 0.717) is 13.1 Å². The molecule has 0 spiro atoms. The quantitative estimate of drug-likeness (QED) is 0.840. The lowest BCUT2D eigenvalue weighted by Gasteiger charge is -2.20. The molecule has 1 fully saturated rings. The zero-order valence-corrected chi connectivity index (χ0v) is 15.1. The Bertz CT molecular complexity index is 707.